The molecular formula is C78H46N8Zn2. The zero-order valence-corrected chi connectivity index (χ0v) is 53.5. The zero-order valence-electron chi connectivity index (χ0n) is 47.6. The third-order valence-electron chi connectivity index (χ3n) is 15.9. The van der Waals surface area contributed by atoms with Crippen LogP contribution in [0.15, 0.2) is 231 Å². The van der Waals surface area contributed by atoms with Crippen LogP contribution in [0.25, 0.3) is 160 Å². The Morgan fingerprint density at radius 1 is 0.193 bits per heavy atom. The SMILES string of the molecule is C(#Cc1c2nc(c(-c3ccccc3)c3ccc([n-]3)c(-c3ccccc3)c3nc(c(-c4ccccc4)c4ccc1[n-]4)C=C3)C=C2)c1c2nc(c(-c3ccccc3)c3ccc([n-]3)c(-c3ccccc3)c3nc(c(-c4ccccc4)c4ccc1[n-]4)C=C3)C=C2.[Zn+2].[Zn+2]. The monoisotopic (exact) mass is 1220 g/mol. The van der Waals surface area contributed by atoms with E-state index in [2.05, 4.69) is 182 Å². The van der Waals surface area contributed by atoms with Crippen molar-refractivity contribution in [1.82, 2.24) is 39.9 Å². The summed E-state index contributed by atoms with van der Waals surface area (Å²) < 4.78 is 0. The second-order valence-electron chi connectivity index (χ2n) is 21.2. The maximum Gasteiger partial charge on any atom is 2.00 e. The molecule has 6 aromatic heterocycles. The fourth-order valence-electron chi connectivity index (χ4n) is 12.0. The topological polar surface area (TPSA) is 108 Å². The van der Waals surface area contributed by atoms with Gasteiger partial charge in [0.05, 0.1) is 45.6 Å². The van der Waals surface area contributed by atoms with E-state index in [1.165, 1.54) is 0 Å². The summed E-state index contributed by atoms with van der Waals surface area (Å²) in [4.78, 5) is 43.8. The Balaban J connectivity index is 0.00000340. The maximum atomic E-state index is 5.51. The van der Waals surface area contributed by atoms with Gasteiger partial charge in [-0.05, 0) is 115 Å². The number of hydrogen-bond donors (Lipinski definition) is 0. The fourth-order valence-corrected chi connectivity index (χ4v) is 12.0. The van der Waals surface area contributed by atoms with Crippen LogP contribution in [-0.4, -0.2) is 19.9 Å². The van der Waals surface area contributed by atoms with Crippen molar-refractivity contribution in [2.75, 3.05) is 0 Å². The van der Waals surface area contributed by atoms with Crippen LogP contribution in [0, 0.1) is 11.8 Å². The van der Waals surface area contributed by atoms with Crippen LogP contribution in [0.2, 0.25) is 0 Å². The quantitative estimate of drug-likeness (QED) is 0.120. The van der Waals surface area contributed by atoms with Gasteiger partial charge in [0.25, 0.3) is 0 Å². The average molecular weight is 1230 g/mol. The van der Waals surface area contributed by atoms with Crippen molar-refractivity contribution in [2.45, 2.75) is 0 Å². The van der Waals surface area contributed by atoms with Crippen LogP contribution in [0.3, 0.4) is 0 Å². The Bertz CT molecular complexity index is 4860. The summed E-state index contributed by atoms with van der Waals surface area (Å²) in [5.41, 5.74) is 24.6. The van der Waals surface area contributed by atoms with Crippen molar-refractivity contribution in [3.8, 4) is 78.6 Å². The first-order chi connectivity index (χ1) is 42.6. The van der Waals surface area contributed by atoms with E-state index < -0.39 is 0 Å². The molecule has 16 bridgehead atoms. The summed E-state index contributed by atoms with van der Waals surface area (Å²) in [6, 6.07) is 78.7. The first-order valence-corrected chi connectivity index (χ1v) is 28.6. The molecule has 4 aliphatic heterocycles. The molecule has 0 amide bonds. The van der Waals surface area contributed by atoms with Crippen molar-refractivity contribution in [2.24, 2.45) is 0 Å². The molecule has 0 N–H and O–H groups in total. The minimum Gasteiger partial charge on any atom is -0.657 e. The van der Waals surface area contributed by atoms with Gasteiger partial charge in [0.2, 0.25) is 0 Å². The van der Waals surface area contributed by atoms with Crippen molar-refractivity contribution in [1.29, 1.82) is 0 Å². The first-order valence-electron chi connectivity index (χ1n) is 28.6. The largest absolute Gasteiger partial charge is 2.00 e. The van der Waals surface area contributed by atoms with Gasteiger partial charge >= 0.3 is 39.0 Å². The molecule has 0 fully saturated rings. The predicted molar refractivity (Wildman–Crippen MR) is 352 cm³/mol. The van der Waals surface area contributed by atoms with E-state index in [1.807, 2.05) is 109 Å². The van der Waals surface area contributed by atoms with E-state index in [-0.39, 0.29) is 39.0 Å². The van der Waals surface area contributed by atoms with Gasteiger partial charge in [-0.25, -0.2) is 19.9 Å². The normalized spacial score (nSPS) is 11.9. The van der Waals surface area contributed by atoms with Crippen LogP contribution in [-0.2, 0) is 39.0 Å². The Hall–Kier alpha value is -10.7. The molecule has 16 rings (SSSR count). The molecule has 0 atom stereocenters. The second-order valence-corrected chi connectivity index (χ2v) is 21.2. The van der Waals surface area contributed by atoms with Crippen molar-refractivity contribution in [3.63, 3.8) is 0 Å². The van der Waals surface area contributed by atoms with Crippen LogP contribution < -0.4 is 19.9 Å². The van der Waals surface area contributed by atoms with Crippen molar-refractivity contribution < 1.29 is 39.0 Å². The summed E-state index contributed by atoms with van der Waals surface area (Å²) >= 11 is 0. The number of fused-ring (bicyclic) bond motifs is 16. The summed E-state index contributed by atoms with van der Waals surface area (Å²) in [6.07, 6.45) is 16.6. The predicted octanol–water partition coefficient (Wildman–Crippen LogP) is 17.5. The molecule has 12 aromatic rings. The maximum absolute atomic E-state index is 5.51. The number of hydrogen-bond acceptors (Lipinski definition) is 4. The van der Waals surface area contributed by atoms with Crippen LogP contribution in [0.4, 0.5) is 0 Å². The molecule has 402 valence electrons. The van der Waals surface area contributed by atoms with Gasteiger partial charge < -0.3 is 19.9 Å². The number of nitrogens with zero attached hydrogens (tertiary/aromatic N) is 8. The van der Waals surface area contributed by atoms with Crippen molar-refractivity contribution >= 4 is 92.7 Å². The minimum absolute atomic E-state index is 0. The van der Waals surface area contributed by atoms with Crippen LogP contribution >= 0.6 is 0 Å². The smallest absolute Gasteiger partial charge is 0.657 e. The molecule has 0 unspecified atom stereocenters. The summed E-state index contributed by atoms with van der Waals surface area (Å²) in [7, 11) is 0. The standard InChI is InChI=1S/C78H46N8.2Zn/c1-7-19-49(20-8-1)73-61-37-33-57(79-61)55(58-34-38-62(80-58)74(50-21-9-2-10-22-50)66-42-46-70(84-66)77(53-27-15-5-16-28-53)69-45-41-65(73)83-69)31-32-56-59-35-39-63(81-59)75(51-23-11-3-12-24-51)67-43-47-71(85-67)78(54-29-17-6-18-30-54)72-48-44-68(86-72)76(52-25-13-4-14-26-52)64-40-36-60(56)82-64;;/h1-30,33-48H;;/q-4;2*+2. The Morgan fingerprint density at radius 3 is 0.580 bits per heavy atom. The fraction of sp³-hybridized carbons (Fsp3) is 0. The molecule has 10 heteroatoms. The van der Waals surface area contributed by atoms with Gasteiger partial charge in [-0.15, -0.1) is 44.1 Å². The average Bonchev–Trinajstić information content (AvgIpc) is 2.15. The molecule has 0 saturated heterocycles. The zero-order chi connectivity index (χ0) is 56.9. The summed E-state index contributed by atoms with van der Waals surface area (Å²) in [5.74, 6) is 7.41. The third-order valence-corrected chi connectivity index (χ3v) is 15.9. The van der Waals surface area contributed by atoms with E-state index in [4.69, 9.17) is 39.9 Å². The van der Waals surface area contributed by atoms with E-state index in [9.17, 15) is 0 Å². The van der Waals surface area contributed by atoms with Gasteiger partial charge in [0, 0.05) is 11.1 Å². The molecule has 88 heavy (non-hydrogen) atoms. The van der Waals surface area contributed by atoms with E-state index >= 15 is 0 Å². The Morgan fingerprint density at radius 2 is 0.364 bits per heavy atom. The van der Waals surface area contributed by atoms with E-state index in [0.29, 0.717) is 33.5 Å². The Labute approximate surface area is 533 Å². The van der Waals surface area contributed by atoms with Crippen molar-refractivity contribution in [3.05, 3.63) is 287 Å². The Kier molecular flexibility index (Phi) is 14.8. The van der Waals surface area contributed by atoms with Gasteiger partial charge in [-0.2, -0.15) is 0 Å². The third kappa shape index (κ3) is 10.2. The van der Waals surface area contributed by atoms with Gasteiger partial charge in [0.1, 0.15) is 0 Å². The molecule has 0 saturated carbocycles. The molecule has 0 radical (unpaired) electrons. The number of rotatable bonds is 6. The van der Waals surface area contributed by atoms with Crippen LogP contribution in [0.1, 0.15) is 56.7 Å². The molecular weight excluding hydrogens is 1180 g/mol. The molecule has 0 aliphatic carbocycles. The molecule has 6 aromatic carbocycles. The molecule has 10 heterocycles. The second kappa shape index (κ2) is 23.6. The summed E-state index contributed by atoms with van der Waals surface area (Å²) in [5, 5.41) is 0. The van der Waals surface area contributed by atoms with Gasteiger partial charge in [-0.3, -0.25) is 0 Å². The number of aromatic nitrogens is 8. The molecule has 4 aliphatic rings. The van der Waals surface area contributed by atoms with Crippen LogP contribution in [0.5, 0.6) is 0 Å². The van der Waals surface area contributed by atoms with E-state index in [0.717, 1.165) is 134 Å². The number of benzene rings is 6. The van der Waals surface area contributed by atoms with Gasteiger partial charge in [0.15, 0.2) is 0 Å². The minimum atomic E-state index is 0. The molecule has 8 nitrogen and oxygen atoms in total. The molecule has 0 spiro atoms. The first kappa shape index (κ1) is 55.2. The van der Waals surface area contributed by atoms with E-state index in [1.54, 1.807) is 0 Å². The summed E-state index contributed by atoms with van der Waals surface area (Å²) in [6.45, 7) is 0. The van der Waals surface area contributed by atoms with Gasteiger partial charge in [-0.1, -0.05) is 242 Å².